The van der Waals surface area contributed by atoms with Crippen LogP contribution in [0.5, 0.6) is 0 Å². The maximum atomic E-state index is 8.53. The first-order chi connectivity index (χ1) is 5.63. The van der Waals surface area contributed by atoms with Crippen LogP contribution in [0.2, 0.25) is 0 Å². The Balaban J connectivity index is 2.91. The number of aliphatic hydroxyl groups excluding tert-OH is 1. The first-order valence-electron chi connectivity index (χ1n) is 4.43. The Hall–Kier alpha value is -0.160. The van der Waals surface area contributed by atoms with E-state index in [1.807, 2.05) is 6.92 Å². The molecule has 2 unspecified atom stereocenters. The Bertz CT molecular complexity index is 85.1. The summed E-state index contributed by atoms with van der Waals surface area (Å²) >= 11 is 0. The molecule has 0 bridgehead atoms. The molecule has 4 nitrogen and oxygen atoms in total. The highest BCUT2D eigenvalue weighted by Gasteiger charge is 1.96. The number of unbranched alkanes of at least 4 members (excludes halogenated alkanes) is 2. The van der Waals surface area contributed by atoms with Crippen molar-refractivity contribution in [3.05, 3.63) is 0 Å². The molecule has 0 saturated carbocycles. The van der Waals surface area contributed by atoms with E-state index in [0.29, 0.717) is 6.61 Å². The topological polar surface area (TPSA) is 81.5 Å². The quantitative estimate of drug-likeness (QED) is 0.381. The van der Waals surface area contributed by atoms with Gasteiger partial charge in [-0.2, -0.15) is 0 Å². The molecule has 0 aromatic rings. The molecule has 0 aliphatic rings. The Morgan fingerprint density at radius 3 is 2.42 bits per heavy atom. The fraction of sp³-hybridized carbons (Fsp3) is 1.00. The monoisotopic (exact) mass is 176 g/mol. The Kier molecular flexibility index (Phi) is 7.39. The van der Waals surface area contributed by atoms with Gasteiger partial charge in [-0.25, -0.2) is 0 Å². The molecule has 0 aliphatic carbocycles. The van der Waals surface area contributed by atoms with Crippen molar-refractivity contribution >= 4 is 0 Å². The van der Waals surface area contributed by atoms with Crippen molar-refractivity contribution in [1.29, 1.82) is 0 Å². The average Bonchev–Trinajstić information content (AvgIpc) is 1.95. The Morgan fingerprint density at radius 1 is 1.25 bits per heavy atom. The fourth-order valence-electron chi connectivity index (χ4n) is 0.949. The second kappa shape index (κ2) is 7.49. The Labute approximate surface area is 73.9 Å². The first-order valence-corrected chi connectivity index (χ1v) is 4.43. The number of ether oxygens (including phenoxy) is 1. The van der Waals surface area contributed by atoms with Gasteiger partial charge in [0.15, 0.2) is 0 Å². The summed E-state index contributed by atoms with van der Waals surface area (Å²) in [5.74, 6) is 0. The minimum atomic E-state index is -1.13. The zero-order valence-corrected chi connectivity index (χ0v) is 7.70. The zero-order chi connectivity index (χ0) is 9.40. The Morgan fingerprint density at radius 2 is 1.92 bits per heavy atom. The highest BCUT2D eigenvalue weighted by molar-refractivity contribution is 4.52. The number of nitrogens with two attached hydrogens (primary N) is 2. The van der Waals surface area contributed by atoms with E-state index >= 15 is 0 Å². The lowest BCUT2D eigenvalue weighted by atomic mass is 10.1. The zero-order valence-electron chi connectivity index (χ0n) is 7.70. The van der Waals surface area contributed by atoms with Crippen molar-refractivity contribution in [1.82, 2.24) is 0 Å². The van der Waals surface area contributed by atoms with Gasteiger partial charge in [0.05, 0.1) is 6.61 Å². The third-order valence-electron chi connectivity index (χ3n) is 1.59. The lowest BCUT2D eigenvalue weighted by Gasteiger charge is -2.06. The third kappa shape index (κ3) is 9.84. The van der Waals surface area contributed by atoms with E-state index in [2.05, 4.69) is 0 Å². The molecular formula is C8H20N2O2. The lowest BCUT2D eigenvalue weighted by Crippen LogP contribution is -2.23. The molecule has 0 fully saturated rings. The molecule has 4 heteroatoms. The van der Waals surface area contributed by atoms with E-state index in [9.17, 15) is 0 Å². The van der Waals surface area contributed by atoms with E-state index < -0.39 is 6.41 Å². The summed E-state index contributed by atoms with van der Waals surface area (Å²) in [6.45, 7) is 2.52. The molecular weight excluding hydrogens is 156 g/mol. The maximum Gasteiger partial charge on any atom is 0.210 e. The molecule has 74 valence electrons. The molecule has 0 spiro atoms. The maximum absolute atomic E-state index is 8.53. The summed E-state index contributed by atoms with van der Waals surface area (Å²) in [5, 5.41) is 8.53. The van der Waals surface area contributed by atoms with Gasteiger partial charge in [0.2, 0.25) is 6.41 Å². The van der Waals surface area contributed by atoms with Gasteiger partial charge in [-0.05, 0) is 19.8 Å². The van der Waals surface area contributed by atoms with Gasteiger partial charge in [0.1, 0.15) is 0 Å². The van der Waals surface area contributed by atoms with E-state index in [0.717, 1.165) is 25.7 Å². The highest BCUT2D eigenvalue weighted by Crippen LogP contribution is 2.01. The normalized spacial score (nSPS) is 16.0. The van der Waals surface area contributed by atoms with Crippen molar-refractivity contribution in [3.8, 4) is 0 Å². The summed E-state index contributed by atoms with van der Waals surface area (Å²) in [7, 11) is 0. The summed E-state index contributed by atoms with van der Waals surface area (Å²) in [6.07, 6.45) is 3.04. The van der Waals surface area contributed by atoms with Gasteiger partial charge in [0.25, 0.3) is 0 Å². The van der Waals surface area contributed by atoms with Crippen LogP contribution in [0.25, 0.3) is 0 Å². The van der Waals surface area contributed by atoms with Crippen LogP contribution in [0.4, 0.5) is 0 Å². The van der Waals surface area contributed by atoms with Gasteiger partial charge in [-0.3, -0.25) is 5.73 Å². The standard InChI is InChI=1S/C8H20N2O2/c1-7(9)5-3-2-4-6-12-8(10)11/h7-8,11H,2-6,9-10H2,1H3. The van der Waals surface area contributed by atoms with Crippen molar-refractivity contribution in [3.63, 3.8) is 0 Å². The molecule has 0 aromatic carbocycles. The molecule has 0 saturated heterocycles. The molecule has 2 atom stereocenters. The van der Waals surface area contributed by atoms with Crippen molar-refractivity contribution in [2.24, 2.45) is 11.5 Å². The molecule has 0 aliphatic heterocycles. The number of rotatable bonds is 7. The third-order valence-corrected chi connectivity index (χ3v) is 1.59. The van der Waals surface area contributed by atoms with Crippen molar-refractivity contribution in [2.75, 3.05) is 6.61 Å². The van der Waals surface area contributed by atoms with Crippen molar-refractivity contribution in [2.45, 2.75) is 45.1 Å². The molecule has 12 heavy (non-hydrogen) atoms. The van der Waals surface area contributed by atoms with Gasteiger partial charge in [-0.1, -0.05) is 12.8 Å². The SMILES string of the molecule is CC(N)CCCCCOC(N)O. The van der Waals surface area contributed by atoms with Crippen LogP contribution in [-0.4, -0.2) is 24.2 Å². The number of aliphatic hydroxyl groups is 1. The van der Waals surface area contributed by atoms with Gasteiger partial charge < -0.3 is 15.6 Å². The van der Waals surface area contributed by atoms with E-state index in [1.165, 1.54) is 0 Å². The molecule has 5 N–H and O–H groups in total. The number of hydrogen-bond acceptors (Lipinski definition) is 4. The van der Waals surface area contributed by atoms with Crippen LogP contribution in [0.1, 0.15) is 32.6 Å². The van der Waals surface area contributed by atoms with Crippen LogP contribution < -0.4 is 11.5 Å². The second-order valence-electron chi connectivity index (χ2n) is 3.09. The molecule has 0 amide bonds. The molecule has 0 aromatic heterocycles. The molecule has 0 rings (SSSR count). The van der Waals surface area contributed by atoms with Gasteiger partial charge in [-0.15, -0.1) is 0 Å². The van der Waals surface area contributed by atoms with E-state index in [1.54, 1.807) is 0 Å². The average molecular weight is 176 g/mol. The number of hydrogen-bond donors (Lipinski definition) is 3. The van der Waals surface area contributed by atoms with E-state index in [-0.39, 0.29) is 6.04 Å². The van der Waals surface area contributed by atoms with Crippen molar-refractivity contribution < 1.29 is 9.84 Å². The largest absolute Gasteiger partial charge is 0.356 e. The van der Waals surface area contributed by atoms with Gasteiger partial charge in [0, 0.05) is 6.04 Å². The van der Waals surface area contributed by atoms with Gasteiger partial charge >= 0.3 is 0 Å². The predicted octanol–water partition coefficient (Wildman–Crippen LogP) is 0.145. The highest BCUT2D eigenvalue weighted by atomic mass is 16.6. The second-order valence-corrected chi connectivity index (χ2v) is 3.09. The van der Waals surface area contributed by atoms with Crippen LogP contribution in [0.15, 0.2) is 0 Å². The van der Waals surface area contributed by atoms with Crippen LogP contribution >= 0.6 is 0 Å². The van der Waals surface area contributed by atoms with Crippen LogP contribution in [-0.2, 0) is 4.74 Å². The minimum Gasteiger partial charge on any atom is -0.356 e. The first kappa shape index (κ1) is 11.8. The molecule has 0 radical (unpaired) electrons. The molecule has 0 heterocycles. The summed E-state index contributed by atoms with van der Waals surface area (Å²) in [4.78, 5) is 0. The summed E-state index contributed by atoms with van der Waals surface area (Å²) in [6, 6.07) is 0.283. The summed E-state index contributed by atoms with van der Waals surface area (Å²) in [5.41, 5.74) is 10.5. The van der Waals surface area contributed by atoms with E-state index in [4.69, 9.17) is 21.3 Å². The van der Waals surface area contributed by atoms with Crippen LogP contribution in [0.3, 0.4) is 0 Å². The lowest BCUT2D eigenvalue weighted by molar-refractivity contribution is -0.0946. The fourth-order valence-corrected chi connectivity index (χ4v) is 0.949. The predicted molar refractivity (Wildman–Crippen MR) is 48.3 cm³/mol. The minimum absolute atomic E-state index is 0.283. The smallest absolute Gasteiger partial charge is 0.210 e. The van der Waals surface area contributed by atoms with Crippen LogP contribution in [0, 0.1) is 0 Å². The summed E-state index contributed by atoms with van der Waals surface area (Å²) < 4.78 is 4.75.